The molecule has 1 aromatic carbocycles. The van der Waals surface area contributed by atoms with Crippen LogP contribution >= 0.6 is 11.6 Å². The van der Waals surface area contributed by atoms with E-state index >= 15 is 0 Å². The van der Waals surface area contributed by atoms with Crippen LogP contribution in [-0.4, -0.2) is 30.1 Å². The second-order valence-corrected chi connectivity index (χ2v) is 4.91. The van der Waals surface area contributed by atoms with Gasteiger partial charge >= 0.3 is 5.97 Å². The van der Waals surface area contributed by atoms with Crippen LogP contribution in [0.4, 0.5) is 0 Å². The molecule has 0 heterocycles. The number of ether oxygens (including phenoxy) is 1. The maximum atomic E-state index is 12.1. The van der Waals surface area contributed by atoms with E-state index in [2.05, 4.69) is 5.32 Å². The summed E-state index contributed by atoms with van der Waals surface area (Å²) in [6.45, 7) is 0. The van der Waals surface area contributed by atoms with E-state index in [1.54, 1.807) is 6.07 Å². The first-order valence-electron chi connectivity index (χ1n) is 5.90. The minimum atomic E-state index is -1.01. The summed E-state index contributed by atoms with van der Waals surface area (Å²) in [7, 11) is 1.43. The van der Waals surface area contributed by atoms with Gasteiger partial charge in [-0.1, -0.05) is 11.6 Å². The number of aliphatic carboxylic acids is 1. The summed E-state index contributed by atoms with van der Waals surface area (Å²) in [6.07, 6.45) is 1.66. The largest absolute Gasteiger partial charge is 0.496 e. The SMILES string of the molecule is COc1cc(Cl)ccc1C(=O)NC(C(=O)O)C1CC1. The molecular formula is C13H14ClNO4. The Balaban J connectivity index is 2.17. The first kappa shape index (κ1) is 13.7. The Morgan fingerprint density at radius 3 is 2.68 bits per heavy atom. The molecule has 2 rings (SSSR count). The summed E-state index contributed by atoms with van der Waals surface area (Å²) >= 11 is 5.81. The van der Waals surface area contributed by atoms with Gasteiger partial charge < -0.3 is 15.2 Å². The molecule has 0 aromatic heterocycles. The van der Waals surface area contributed by atoms with Gasteiger partial charge in [0.15, 0.2) is 0 Å². The van der Waals surface area contributed by atoms with Crippen LogP contribution in [0.1, 0.15) is 23.2 Å². The quantitative estimate of drug-likeness (QED) is 0.866. The first-order valence-corrected chi connectivity index (χ1v) is 6.28. The van der Waals surface area contributed by atoms with Crippen LogP contribution in [0, 0.1) is 5.92 Å². The lowest BCUT2D eigenvalue weighted by molar-refractivity contribution is -0.139. The number of carboxylic acid groups (broad SMARTS) is 1. The van der Waals surface area contributed by atoms with E-state index in [1.807, 2.05) is 0 Å². The van der Waals surface area contributed by atoms with Gasteiger partial charge in [-0.2, -0.15) is 0 Å². The molecule has 5 nitrogen and oxygen atoms in total. The number of carboxylic acids is 1. The number of nitrogens with one attached hydrogen (secondary N) is 1. The molecule has 2 N–H and O–H groups in total. The van der Waals surface area contributed by atoms with Crippen molar-refractivity contribution in [2.45, 2.75) is 18.9 Å². The van der Waals surface area contributed by atoms with Crippen LogP contribution in [0.5, 0.6) is 5.75 Å². The van der Waals surface area contributed by atoms with Crippen LogP contribution in [0.15, 0.2) is 18.2 Å². The van der Waals surface area contributed by atoms with Gasteiger partial charge in [-0.3, -0.25) is 4.79 Å². The minimum Gasteiger partial charge on any atom is -0.496 e. The van der Waals surface area contributed by atoms with Gasteiger partial charge in [-0.25, -0.2) is 4.79 Å². The number of carbonyl (C=O) groups excluding carboxylic acids is 1. The van der Waals surface area contributed by atoms with Crippen LogP contribution in [0.2, 0.25) is 5.02 Å². The first-order chi connectivity index (χ1) is 9.02. The monoisotopic (exact) mass is 283 g/mol. The normalized spacial score (nSPS) is 15.7. The molecule has 1 saturated carbocycles. The predicted molar refractivity (Wildman–Crippen MR) is 69.6 cm³/mol. The number of methoxy groups -OCH3 is 1. The number of rotatable bonds is 5. The number of hydrogen-bond donors (Lipinski definition) is 2. The lowest BCUT2D eigenvalue weighted by Gasteiger charge is -2.15. The van der Waals surface area contributed by atoms with Gasteiger partial charge in [-0.15, -0.1) is 0 Å². The average Bonchev–Trinajstić information content (AvgIpc) is 3.19. The van der Waals surface area contributed by atoms with Gasteiger partial charge in [0.05, 0.1) is 12.7 Å². The van der Waals surface area contributed by atoms with Crippen molar-refractivity contribution in [3.8, 4) is 5.75 Å². The van der Waals surface area contributed by atoms with E-state index in [1.165, 1.54) is 19.2 Å². The fourth-order valence-corrected chi connectivity index (χ4v) is 2.04. The van der Waals surface area contributed by atoms with E-state index in [0.29, 0.717) is 10.8 Å². The lowest BCUT2D eigenvalue weighted by Crippen LogP contribution is -2.42. The predicted octanol–water partition coefficient (Wildman–Crippen LogP) is 1.94. The van der Waals surface area contributed by atoms with Gasteiger partial charge in [0, 0.05) is 5.02 Å². The van der Waals surface area contributed by atoms with E-state index in [9.17, 15) is 9.59 Å². The summed E-state index contributed by atoms with van der Waals surface area (Å²) < 4.78 is 5.07. The Hall–Kier alpha value is -1.75. The molecule has 0 bridgehead atoms. The fraction of sp³-hybridized carbons (Fsp3) is 0.385. The standard InChI is InChI=1S/C13H14ClNO4/c1-19-10-6-8(14)4-5-9(10)12(16)15-11(13(17)18)7-2-3-7/h4-7,11H,2-3H2,1H3,(H,15,16)(H,17,18). The van der Waals surface area contributed by atoms with Crippen LogP contribution in [0.25, 0.3) is 0 Å². The Labute approximate surface area is 115 Å². The van der Waals surface area contributed by atoms with E-state index in [4.69, 9.17) is 21.4 Å². The average molecular weight is 284 g/mol. The molecule has 102 valence electrons. The van der Waals surface area contributed by atoms with E-state index in [-0.39, 0.29) is 11.5 Å². The molecule has 19 heavy (non-hydrogen) atoms. The van der Waals surface area contributed by atoms with Gasteiger partial charge in [0.2, 0.25) is 0 Å². The molecule has 6 heteroatoms. The van der Waals surface area contributed by atoms with Crippen molar-refractivity contribution in [1.82, 2.24) is 5.32 Å². The zero-order valence-corrected chi connectivity index (χ0v) is 11.1. The van der Waals surface area contributed by atoms with Crippen molar-refractivity contribution >= 4 is 23.5 Å². The molecule has 1 unspecified atom stereocenters. The smallest absolute Gasteiger partial charge is 0.326 e. The topological polar surface area (TPSA) is 75.6 Å². The highest BCUT2D eigenvalue weighted by Gasteiger charge is 2.37. The number of hydrogen-bond acceptors (Lipinski definition) is 3. The Morgan fingerprint density at radius 2 is 2.16 bits per heavy atom. The molecule has 1 aliphatic rings. The van der Waals surface area contributed by atoms with E-state index in [0.717, 1.165) is 12.8 Å². The maximum Gasteiger partial charge on any atom is 0.326 e. The van der Waals surface area contributed by atoms with E-state index < -0.39 is 17.9 Å². The van der Waals surface area contributed by atoms with Crippen LogP contribution in [-0.2, 0) is 4.79 Å². The van der Waals surface area contributed by atoms with Crippen molar-refractivity contribution in [3.05, 3.63) is 28.8 Å². The van der Waals surface area contributed by atoms with Crippen LogP contribution in [0.3, 0.4) is 0 Å². The van der Waals surface area contributed by atoms with Crippen molar-refractivity contribution in [1.29, 1.82) is 0 Å². The number of halogens is 1. The Morgan fingerprint density at radius 1 is 1.47 bits per heavy atom. The zero-order chi connectivity index (χ0) is 14.0. The van der Waals surface area contributed by atoms with Gasteiger partial charge in [0.25, 0.3) is 5.91 Å². The number of benzene rings is 1. The molecule has 0 radical (unpaired) electrons. The van der Waals surface area contributed by atoms with Crippen molar-refractivity contribution < 1.29 is 19.4 Å². The highest BCUT2D eigenvalue weighted by molar-refractivity contribution is 6.30. The third kappa shape index (κ3) is 3.17. The zero-order valence-electron chi connectivity index (χ0n) is 10.4. The molecule has 1 aromatic rings. The summed E-state index contributed by atoms with van der Waals surface area (Å²) in [6, 6.07) is 3.75. The number of carbonyl (C=O) groups is 2. The second kappa shape index (κ2) is 5.48. The maximum absolute atomic E-state index is 12.1. The molecule has 0 spiro atoms. The fourth-order valence-electron chi connectivity index (χ4n) is 1.88. The highest BCUT2D eigenvalue weighted by atomic mass is 35.5. The highest BCUT2D eigenvalue weighted by Crippen LogP contribution is 2.33. The molecule has 0 aliphatic heterocycles. The molecule has 1 aliphatic carbocycles. The molecule has 1 fully saturated rings. The summed E-state index contributed by atoms with van der Waals surface area (Å²) in [5.74, 6) is -1.12. The minimum absolute atomic E-state index is 0.0275. The summed E-state index contributed by atoms with van der Waals surface area (Å²) in [4.78, 5) is 23.2. The molecular weight excluding hydrogens is 270 g/mol. The third-order valence-electron chi connectivity index (χ3n) is 3.05. The lowest BCUT2D eigenvalue weighted by atomic mass is 10.1. The third-order valence-corrected chi connectivity index (χ3v) is 3.29. The second-order valence-electron chi connectivity index (χ2n) is 4.47. The van der Waals surface area contributed by atoms with Crippen LogP contribution < -0.4 is 10.1 Å². The van der Waals surface area contributed by atoms with Crippen molar-refractivity contribution in [3.63, 3.8) is 0 Å². The van der Waals surface area contributed by atoms with Crippen molar-refractivity contribution in [2.24, 2.45) is 5.92 Å². The summed E-state index contributed by atoms with van der Waals surface area (Å²) in [5.41, 5.74) is 0.277. The van der Waals surface area contributed by atoms with Crippen molar-refractivity contribution in [2.75, 3.05) is 7.11 Å². The molecule has 0 saturated heterocycles. The van der Waals surface area contributed by atoms with Gasteiger partial charge in [-0.05, 0) is 37.0 Å². The molecule has 1 amide bonds. The Kier molecular flexibility index (Phi) is 3.95. The summed E-state index contributed by atoms with van der Waals surface area (Å²) in [5, 5.41) is 12.1. The Bertz CT molecular complexity index is 513. The molecule has 1 atom stereocenters. The number of amides is 1. The van der Waals surface area contributed by atoms with Gasteiger partial charge in [0.1, 0.15) is 11.8 Å².